The lowest BCUT2D eigenvalue weighted by atomic mass is 10.2. The van der Waals surface area contributed by atoms with E-state index in [1.165, 1.54) is 36.4 Å². The molecule has 146 valence electrons. The van der Waals surface area contributed by atoms with Crippen molar-refractivity contribution < 1.29 is 18.4 Å². The molecule has 7 nitrogen and oxygen atoms in total. The van der Waals surface area contributed by atoms with E-state index in [0.717, 1.165) is 0 Å². The fraction of sp³-hybridized carbons (Fsp3) is 0.105. The highest BCUT2D eigenvalue weighted by Crippen LogP contribution is 2.24. The summed E-state index contributed by atoms with van der Waals surface area (Å²) in [5.74, 6) is 1.03. The third kappa shape index (κ3) is 4.53. The van der Waals surface area contributed by atoms with Crippen molar-refractivity contribution in [3.05, 3.63) is 87.3 Å². The van der Waals surface area contributed by atoms with Gasteiger partial charge in [0.15, 0.2) is 0 Å². The molecule has 0 atom stereocenters. The first-order chi connectivity index (χ1) is 13.3. The summed E-state index contributed by atoms with van der Waals surface area (Å²) in [7, 11) is -3.85. The monoisotopic (exact) mass is 420 g/mol. The summed E-state index contributed by atoms with van der Waals surface area (Å²) in [6.07, 6.45) is 0. The topological polar surface area (TPSA) is 97.6 Å². The minimum Gasteiger partial charge on any atom is -0.457 e. The maximum absolute atomic E-state index is 12.4. The lowest BCUT2D eigenvalue weighted by molar-refractivity contribution is 0.167. The Balaban J connectivity index is 1.71. The van der Waals surface area contributed by atoms with Crippen LogP contribution in [0.4, 0.5) is 0 Å². The minimum absolute atomic E-state index is 0.0207. The standard InChI is InChI=1S/C19H17ClN2O5S/c1-13-2-3-14(19(23)22(13)24)12-21-28(25,26)18-10-8-17(9-11-18)27-16-6-4-15(20)5-7-16/h2-11,21,24H,12H2,1H3. The number of benzene rings is 2. The Kier molecular flexibility index (Phi) is 5.73. The lowest BCUT2D eigenvalue weighted by Crippen LogP contribution is -2.30. The number of rotatable bonds is 6. The van der Waals surface area contributed by atoms with E-state index >= 15 is 0 Å². The minimum atomic E-state index is -3.85. The van der Waals surface area contributed by atoms with E-state index in [2.05, 4.69) is 4.72 Å². The lowest BCUT2D eigenvalue weighted by Gasteiger charge is -2.09. The summed E-state index contributed by atoms with van der Waals surface area (Å²) in [5.41, 5.74) is -0.193. The van der Waals surface area contributed by atoms with Crippen molar-refractivity contribution >= 4 is 21.6 Å². The average Bonchev–Trinajstić information content (AvgIpc) is 2.68. The Bertz CT molecular complexity index is 1140. The molecule has 0 unspecified atom stereocenters. The molecule has 0 bridgehead atoms. The summed E-state index contributed by atoms with van der Waals surface area (Å²) in [6, 6.07) is 15.6. The van der Waals surface area contributed by atoms with Crippen LogP contribution >= 0.6 is 11.6 Å². The largest absolute Gasteiger partial charge is 0.457 e. The van der Waals surface area contributed by atoms with E-state index in [1.807, 2.05) is 0 Å². The van der Waals surface area contributed by atoms with Crippen LogP contribution in [0.2, 0.25) is 5.02 Å². The van der Waals surface area contributed by atoms with Gasteiger partial charge in [0.25, 0.3) is 5.56 Å². The fourth-order valence-electron chi connectivity index (χ4n) is 2.38. The molecule has 0 fully saturated rings. The number of hydrogen-bond acceptors (Lipinski definition) is 5. The molecule has 0 saturated carbocycles. The summed E-state index contributed by atoms with van der Waals surface area (Å²) in [5, 5.41) is 10.2. The Morgan fingerprint density at radius 2 is 1.57 bits per heavy atom. The van der Waals surface area contributed by atoms with Crippen LogP contribution in [-0.4, -0.2) is 18.4 Å². The predicted octanol–water partition coefficient (Wildman–Crippen LogP) is 3.32. The second-order valence-electron chi connectivity index (χ2n) is 5.97. The van der Waals surface area contributed by atoms with Crippen molar-refractivity contribution in [2.75, 3.05) is 0 Å². The second kappa shape index (κ2) is 8.05. The van der Waals surface area contributed by atoms with E-state index in [4.69, 9.17) is 16.3 Å². The van der Waals surface area contributed by atoms with E-state index in [-0.39, 0.29) is 17.0 Å². The number of hydrogen-bond donors (Lipinski definition) is 2. The highest BCUT2D eigenvalue weighted by Gasteiger charge is 2.15. The third-order valence-electron chi connectivity index (χ3n) is 3.96. The van der Waals surface area contributed by atoms with E-state index < -0.39 is 15.6 Å². The average molecular weight is 421 g/mol. The van der Waals surface area contributed by atoms with Crippen molar-refractivity contribution in [1.82, 2.24) is 9.45 Å². The van der Waals surface area contributed by atoms with E-state index in [0.29, 0.717) is 26.9 Å². The van der Waals surface area contributed by atoms with Gasteiger partial charge in [0, 0.05) is 17.1 Å². The molecule has 9 heteroatoms. The van der Waals surface area contributed by atoms with Gasteiger partial charge in [-0.2, -0.15) is 4.73 Å². The zero-order valence-corrected chi connectivity index (χ0v) is 16.4. The Morgan fingerprint density at radius 1 is 1.00 bits per heavy atom. The third-order valence-corrected chi connectivity index (χ3v) is 5.63. The van der Waals surface area contributed by atoms with Crippen LogP contribution in [0.3, 0.4) is 0 Å². The van der Waals surface area contributed by atoms with Crippen LogP contribution in [0.15, 0.2) is 70.4 Å². The quantitative estimate of drug-likeness (QED) is 0.596. The van der Waals surface area contributed by atoms with Gasteiger partial charge in [0.05, 0.1) is 10.6 Å². The number of sulfonamides is 1. The second-order valence-corrected chi connectivity index (χ2v) is 8.17. The first-order valence-electron chi connectivity index (χ1n) is 8.20. The number of nitrogens with one attached hydrogen (secondary N) is 1. The molecule has 0 aliphatic heterocycles. The highest BCUT2D eigenvalue weighted by molar-refractivity contribution is 7.89. The molecule has 0 amide bonds. The summed E-state index contributed by atoms with van der Waals surface area (Å²) >= 11 is 5.82. The van der Waals surface area contributed by atoms with Gasteiger partial charge in [-0.1, -0.05) is 17.7 Å². The number of pyridine rings is 1. The van der Waals surface area contributed by atoms with Crippen LogP contribution < -0.4 is 15.0 Å². The zero-order chi connectivity index (χ0) is 20.3. The smallest absolute Gasteiger partial charge is 0.287 e. The first-order valence-corrected chi connectivity index (χ1v) is 10.1. The zero-order valence-electron chi connectivity index (χ0n) is 14.8. The van der Waals surface area contributed by atoms with Gasteiger partial charge in [-0.15, -0.1) is 0 Å². The number of aromatic nitrogens is 1. The van der Waals surface area contributed by atoms with Crippen molar-refractivity contribution in [1.29, 1.82) is 0 Å². The molecule has 2 N–H and O–H groups in total. The molecule has 28 heavy (non-hydrogen) atoms. The van der Waals surface area contributed by atoms with Gasteiger partial charge < -0.3 is 9.94 Å². The summed E-state index contributed by atoms with van der Waals surface area (Å²) in [6.45, 7) is 1.31. The molecule has 0 radical (unpaired) electrons. The van der Waals surface area contributed by atoms with Crippen molar-refractivity contribution in [3.8, 4) is 11.5 Å². The Hall–Kier alpha value is -2.81. The van der Waals surface area contributed by atoms with Gasteiger partial charge in [-0.05, 0) is 61.5 Å². The maximum atomic E-state index is 12.4. The van der Waals surface area contributed by atoms with Gasteiger partial charge in [-0.3, -0.25) is 4.79 Å². The van der Waals surface area contributed by atoms with Gasteiger partial charge >= 0.3 is 0 Å². The molecule has 1 heterocycles. The molecule has 0 aliphatic rings. The van der Waals surface area contributed by atoms with Crippen molar-refractivity contribution in [3.63, 3.8) is 0 Å². The van der Waals surface area contributed by atoms with E-state index in [1.54, 1.807) is 31.2 Å². The van der Waals surface area contributed by atoms with Crippen LogP contribution in [0.5, 0.6) is 11.5 Å². The molecule has 3 rings (SSSR count). The molecule has 0 spiro atoms. The first kappa shape index (κ1) is 19.9. The molecular weight excluding hydrogens is 404 g/mol. The van der Waals surface area contributed by atoms with Crippen molar-refractivity contribution in [2.45, 2.75) is 18.4 Å². The molecule has 0 saturated heterocycles. The van der Waals surface area contributed by atoms with Crippen LogP contribution in [0, 0.1) is 6.92 Å². The number of ether oxygens (including phenoxy) is 1. The summed E-state index contributed by atoms with van der Waals surface area (Å²) < 4.78 is 33.3. The molecule has 0 aliphatic carbocycles. The Labute approximate surface area is 166 Å². The molecular formula is C19H17ClN2O5S. The van der Waals surface area contributed by atoms with Crippen LogP contribution in [0.1, 0.15) is 11.3 Å². The molecule has 2 aromatic carbocycles. The predicted molar refractivity (Wildman–Crippen MR) is 105 cm³/mol. The normalized spacial score (nSPS) is 11.4. The van der Waals surface area contributed by atoms with Gasteiger partial charge in [0.2, 0.25) is 10.0 Å². The number of aryl methyl sites for hydroxylation is 1. The van der Waals surface area contributed by atoms with E-state index in [9.17, 15) is 18.4 Å². The fourth-order valence-corrected chi connectivity index (χ4v) is 3.51. The maximum Gasteiger partial charge on any atom is 0.287 e. The van der Waals surface area contributed by atoms with Crippen LogP contribution in [0.25, 0.3) is 0 Å². The number of nitrogens with zero attached hydrogens (tertiary/aromatic N) is 1. The highest BCUT2D eigenvalue weighted by atomic mass is 35.5. The van der Waals surface area contributed by atoms with Gasteiger partial charge in [0.1, 0.15) is 11.5 Å². The SMILES string of the molecule is Cc1ccc(CNS(=O)(=O)c2ccc(Oc3ccc(Cl)cc3)cc2)c(=O)n1O. The molecule has 1 aromatic heterocycles. The Morgan fingerprint density at radius 3 is 2.18 bits per heavy atom. The van der Waals surface area contributed by atoms with Gasteiger partial charge in [-0.25, -0.2) is 13.1 Å². The van der Waals surface area contributed by atoms with Crippen molar-refractivity contribution in [2.24, 2.45) is 0 Å². The molecule has 3 aromatic rings. The van der Waals surface area contributed by atoms with Crippen LogP contribution in [-0.2, 0) is 16.6 Å². The summed E-state index contributed by atoms with van der Waals surface area (Å²) in [4.78, 5) is 12.0. The number of halogens is 1.